The lowest BCUT2D eigenvalue weighted by Crippen LogP contribution is -2.18. The highest BCUT2D eigenvalue weighted by Crippen LogP contribution is 2.31. The number of nitrogens with zero attached hydrogens (tertiary/aromatic N) is 5. The standard InChI is InChI=1S/C27H25N9/c28-23-13-19(10-11-30-23)26-34-27(36-35-26)24-25(29)32-15-22(33-24)18-6-3-4-16(12-18)14-31-21-9-8-17-5-1-2-7-20(17)21/h1-7,10-13,15,21,31H,8-9,14H2,(H2,28,30)(H2,29,32)(H,34,35,36)/t21-/m0/s1. The summed E-state index contributed by atoms with van der Waals surface area (Å²) >= 11 is 0. The topological polar surface area (TPSA) is 144 Å². The van der Waals surface area contributed by atoms with Gasteiger partial charge in [0.1, 0.15) is 11.5 Å². The smallest absolute Gasteiger partial charge is 0.181 e. The van der Waals surface area contributed by atoms with Crippen molar-refractivity contribution in [2.45, 2.75) is 25.4 Å². The van der Waals surface area contributed by atoms with Gasteiger partial charge in [-0.05, 0) is 47.7 Å². The molecule has 0 bridgehead atoms. The quantitative estimate of drug-likeness (QED) is 0.289. The highest BCUT2D eigenvalue weighted by Gasteiger charge is 2.21. The van der Waals surface area contributed by atoms with E-state index < -0.39 is 0 Å². The predicted octanol–water partition coefficient (Wildman–Crippen LogP) is 3.93. The molecule has 0 saturated carbocycles. The lowest BCUT2D eigenvalue weighted by molar-refractivity contribution is 0.530. The maximum atomic E-state index is 6.16. The van der Waals surface area contributed by atoms with E-state index in [1.54, 1.807) is 24.5 Å². The second kappa shape index (κ2) is 9.20. The molecule has 5 aromatic rings. The van der Waals surface area contributed by atoms with Crippen LogP contribution in [0.2, 0.25) is 0 Å². The van der Waals surface area contributed by atoms with Crippen LogP contribution in [0.3, 0.4) is 0 Å². The molecule has 36 heavy (non-hydrogen) atoms. The molecule has 9 nitrogen and oxygen atoms in total. The number of pyridine rings is 1. The summed E-state index contributed by atoms with van der Waals surface area (Å²) in [7, 11) is 0. The summed E-state index contributed by atoms with van der Waals surface area (Å²) in [4.78, 5) is 17.7. The second-order valence-electron chi connectivity index (χ2n) is 8.84. The first-order valence-electron chi connectivity index (χ1n) is 11.8. The van der Waals surface area contributed by atoms with E-state index in [4.69, 9.17) is 16.5 Å². The molecule has 3 aromatic heterocycles. The van der Waals surface area contributed by atoms with E-state index in [2.05, 4.69) is 66.9 Å². The van der Waals surface area contributed by atoms with Crippen molar-refractivity contribution >= 4 is 11.6 Å². The zero-order chi connectivity index (χ0) is 24.5. The number of nitrogens with one attached hydrogen (secondary N) is 2. The van der Waals surface area contributed by atoms with Gasteiger partial charge in [0.15, 0.2) is 17.5 Å². The molecule has 0 amide bonds. The third-order valence-corrected chi connectivity index (χ3v) is 6.46. The number of aryl methyl sites for hydroxylation is 1. The molecule has 0 aliphatic heterocycles. The maximum absolute atomic E-state index is 6.16. The van der Waals surface area contributed by atoms with Crippen molar-refractivity contribution < 1.29 is 0 Å². The number of aromatic amines is 1. The summed E-state index contributed by atoms with van der Waals surface area (Å²) in [6.07, 6.45) is 5.54. The monoisotopic (exact) mass is 475 g/mol. The van der Waals surface area contributed by atoms with Crippen LogP contribution in [0.1, 0.15) is 29.2 Å². The van der Waals surface area contributed by atoms with Crippen molar-refractivity contribution in [2.24, 2.45) is 0 Å². The maximum Gasteiger partial charge on any atom is 0.181 e. The van der Waals surface area contributed by atoms with Gasteiger partial charge in [-0.1, -0.05) is 42.5 Å². The van der Waals surface area contributed by atoms with E-state index in [9.17, 15) is 0 Å². The second-order valence-corrected chi connectivity index (χ2v) is 8.84. The Morgan fingerprint density at radius 3 is 2.78 bits per heavy atom. The molecule has 9 heteroatoms. The molecule has 0 spiro atoms. The highest BCUT2D eigenvalue weighted by molar-refractivity contribution is 5.70. The molecule has 0 radical (unpaired) electrons. The summed E-state index contributed by atoms with van der Waals surface area (Å²) in [6, 6.07) is 20.8. The van der Waals surface area contributed by atoms with Crippen molar-refractivity contribution in [1.82, 2.24) is 35.5 Å². The van der Waals surface area contributed by atoms with Crippen molar-refractivity contribution in [1.29, 1.82) is 0 Å². The van der Waals surface area contributed by atoms with Crippen molar-refractivity contribution in [3.63, 3.8) is 0 Å². The van der Waals surface area contributed by atoms with Crippen molar-refractivity contribution in [3.05, 3.63) is 89.7 Å². The number of rotatable bonds is 6. The Morgan fingerprint density at radius 1 is 0.944 bits per heavy atom. The Balaban J connectivity index is 1.23. The van der Waals surface area contributed by atoms with Gasteiger partial charge in [-0.3, -0.25) is 5.10 Å². The average Bonchev–Trinajstić information content (AvgIpc) is 3.56. The fourth-order valence-electron chi connectivity index (χ4n) is 4.65. The summed E-state index contributed by atoms with van der Waals surface area (Å²) in [5.74, 6) is 1.58. The molecular formula is C27H25N9. The number of aromatic nitrogens is 6. The largest absolute Gasteiger partial charge is 0.384 e. The first kappa shape index (κ1) is 21.9. The van der Waals surface area contributed by atoms with Gasteiger partial charge in [0.05, 0.1) is 11.9 Å². The average molecular weight is 476 g/mol. The molecule has 0 fully saturated rings. The van der Waals surface area contributed by atoms with Crippen LogP contribution in [0, 0.1) is 0 Å². The van der Waals surface area contributed by atoms with Gasteiger partial charge < -0.3 is 16.8 Å². The Bertz CT molecular complexity index is 1540. The summed E-state index contributed by atoms with van der Waals surface area (Å²) < 4.78 is 0. The Morgan fingerprint density at radius 2 is 1.86 bits per heavy atom. The minimum Gasteiger partial charge on any atom is -0.384 e. The molecule has 6 rings (SSSR count). The molecule has 6 N–H and O–H groups in total. The molecule has 0 saturated heterocycles. The summed E-state index contributed by atoms with van der Waals surface area (Å²) in [5, 5.41) is 10.9. The van der Waals surface area contributed by atoms with Gasteiger partial charge in [0, 0.05) is 29.9 Å². The first-order chi connectivity index (χ1) is 17.6. The van der Waals surface area contributed by atoms with Crippen LogP contribution >= 0.6 is 0 Å². The van der Waals surface area contributed by atoms with Gasteiger partial charge in [-0.15, -0.1) is 0 Å². The van der Waals surface area contributed by atoms with E-state index >= 15 is 0 Å². The minimum atomic E-state index is 0.272. The number of anilines is 2. The van der Waals surface area contributed by atoms with Gasteiger partial charge in [-0.25, -0.2) is 19.9 Å². The first-order valence-corrected chi connectivity index (χ1v) is 11.8. The molecule has 1 atom stereocenters. The predicted molar refractivity (Wildman–Crippen MR) is 139 cm³/mol. The van der Waals surface area contributed by atoms with Crippen LogP contribution in [0.25, 0.3) is 34.2 Å². The van der Waals surface area contributed by atoms with Crippen LogP contribution in [0.4, 0.5) is 11.6 Å². The normalized spacial score (nSPS) is 14.6. The molecule has 178 valence electrons. The summed E-state index contributed by atoms with van der Waals surface area (Å²) in [5.41, 5.74) is 18.8. The number of benzene rings is 2. The van der Waals surface area contributed by atoms with E-state index in [0.717, 1.165) is 30.5 Å². The number of fused-ring (bicyclic) bond motifs is 1. The van der Waals surface area contributed by atoms with E-state index in [-0.39, 0.29) is 5.82 Å². The van der Waals surface area contributed by atoms with E-state index in [1.807, 2.05) is 12.1 Å². The van der Waals surface area contributed by atoms with E-state index in [0.29, 0.717) is 34.9 Å². The van der Waals surface area contributed by atoms with Gasteiger partial charge in [0.2, 0.25) is 0 Å². The third-order valence-electron chi connectivity index (χ3n) is 6.46. The number of nitrogen functional groups attached to an aromatic ring is 2. The molecular weight excluding hydrogens is 450 g/mol. The Kier molecular flexibility index (Phi) is 5.59. The molecule has 3 heterocycles. The van der Waals surface area contributed by atoms with Crippen molar-refractivity contribution in [2.75, 3.05) is 11.5 Å². The highest BCUT2D eigenvalue weighted by atomic mass is 15.2. The molecule has 2 aromatic carbocycles. The fourth-order valence-corrected chi connectivity index (χ4v) is 4.65. The van der Waals surface area contributed by atoms with Crippen LogP contribution in [-0.2, 0) is 13.0 Å². The SMILES string of the molecule is Nc1cc(-c2n[nH]c(-c3nc(-c4cccc(CN[C@H]5CCc6ccccc65)c4)cnc3N)n2)ccn1. The lowest BCUT2D eigenvalue weighted by Gasteiger charge is -2.14. The molecule has 0 unspecified atom stereocenters. The number of hydrogen-bond acceptors (Lipinski definition) is 8. The third kappa shape index (κ3) is 4.27. The lowest BCUT2D eigenvalue weighted by atomic mass is 10.1. The van der Waals surface area contributed by atoms with Crippen LogP contribution in [0.5, 0.6) is 0 Å². The van der Waals surface area contributed by atoms with Crippen LogP contribution < -0.4 is 16.8 Å². The zero-order valence-corrected chi connectivity index (χ0v) is 19.5. The number of hydrogen-bond donors (Lipinski definition) is 4. The van der Waals surface area contributed by atoms with Gasteiger partial charge in [-0.2, -0.15) is 5.10 Å². The number of nitrogens with two attached hydrogens (primary N) is 2. The van der Waals surface area contributed by atoms with Gasteiger partial charge in [0.25, 0.3) is 0 Å². The fraction of sp³-hybridized carbons (Fsp3) is 0.148. The van der Waals surface area contributed by atoms with Crippen LogP contribution in [-0.4, -0.2) is 30.1 Å². The zero-order valence-electron chi connectivity index (χ0n) is 19.5. The van der Waals surface area contributed by atoms with E-state index in [1.165, 1.54) is 16.7 Å². The van der Waals surface area contributed by atoms with Crippen LogP contribution in [0.15, 0.2) is 73.1 Å². The van der Waals surface area contributed by atoms with Gasteiger partial charge >= 0.3 is 0 Å². The molecule has 1 aliphatic carbocycles. The number of H-pyrrole nitrogens is 1. The van der Waals surface area contributed by atoms with Crippen molar-refractivity contribution in [3.8, 4) is 34.2 Å². The minimum absolute atomic E-state index is 0.272. The Hall–Kier alpha value is -4.63. The molecule has 1 aliphatic rings. The summed E-state index contributed by atoms with van der Waals surface area (Å²) in [6.45, 7) is 0.766. The Labute approximate surface area is 208 Å².